The van der Waals surface area contributed by atoms with Crippen LogP contribution in [0, 0.1) is 0 Å². The summed E-state index contributed by atoms with van der Waals surface area (Å²) in [6.45, 7) is 8.26. The fourth-order valence-corrected chi connectivity index (χ4v) is 3.00. The molecule has 0 aliphatic heterocycles. The van der Waals surface area contributed by atoms with E-state index in [0.717, 1.165) is 17.5 Å². The van der Waals surface area contributed by atoms with E-state index in [9.17, 15) is 4.79 Å². The second kappa shape index (κ2) is 8.49. The van der Waals surface area contributed by atoms with E-state index in [1.807, 2.05) is 47.4 Å². The van der Waals surface area contributed by atoms with Crippen LogP contribution in [-0.2, 0) is 6.42 Å². The first-order valence-corrected chi connectivity index (χ1v) is 8.63. The third-order valence-corrected chi connectivity index (χ3v) is 4.04. The van der Waals surface area contributed by atoms with Crippen molar-refractivity contribution in [1.82, 2.24) is 4.90 Å². The van der Waals surface area contributed by atoms with Crippen molar-refractivity contribution < 1.29 is 4.79 Å². The Bertz CT molecular complexity index is 678. The Morgan fingerprint density at radius 3 is 2.12 bits per heavy atom. The Labute approximate surface area is 145 Å². The molecule has 2 nitrogen and oxygen atoms in total. The normalized spacial score (nSPS) is 11.4. The van der Waals surface area contributed by atoms with Crippen LogP contribution < -0.4 is 0 Å². The van der Waals surface area contributed by atoms with Gasteiger partial charge in [0.15, 0.2) is 0 Å². The molecule has 0 radical (unpaired) electrons. The van der Waals surface area contributed by atoms with Gasteiger partial charge in [-0.1, -0.05) is 60.7 Å². The number of amides is 1. The fourth-order valence-electron chi connectivity index (χ4n) is 3.00. The van der Waals surface area contributed by atoms with Crippen molar-refractivity contribution >= 4 is 12.0 Å². The van der Waals surface area contributed by atoms with Crippen LogP contribution in [-0.4, -0.2) is 22.9 Å². The predicted octanol–water partition coefficient (Wildman–Crippen LogP) is 5.20. The Morgan fingerprint density at radius 2 is 1.50 bits per heavy atom. The molecule has 0 aliphatic rings. The van der Waals surface area contributed by atoms with E-state index in [2.05, 4.69) is 52.0 Å². The van der Waals surface area contributed by atoms with E-state index >= 15 is 0 Å². The molecule has 126 valence electrons. The minimum Gasteiger partial charge on any atom is -0.334 e. The van der Waals surface area contributed by atoms with Crippen molar-refractivity contribution in [2.45, 2.75) is 46.2 Å². The van der Waals surface area contributed by atoms with Crippen molar-refractivity contribution in [3.63, 3.8) is 0 Å². The molecular weight excluding hydrogens is 294 g/mol. The van der Waals surface area contributed by atoms with Gasteiger partial charge in [0, 0.05) is 17.6 Å². The van der Waals surface area contributed by atoms with Crippen LogP contribution in [0.15, 0.2) is 60.7 Å². The molecule has 2 rings (SSSR count). The van der Waals surface area contributed by atoms with Gasteiger partial charge in [-0.2, -0.15) is 0 Å². The summed E-state index contributed by atoms with van der Waals surface area (Å²) >= 11 is 0. The van der Waals surface area contributed by atoms with Crippen LogP contribution in [0.2, 0.25) is 0 Å². The first-order chi connectivity index (χ1) is 11.5. The van der Waals surface area contributed by atoms with Crippen LogP contribution in [0.5, 0.6) is 0 Å². The second-order valence-electron chi connectivity index (χ2n) is 6.57. The Balaban J connectivity index is 2.21. The number of benzene rings is 2. The third-order valence-electron chi connectivity index (χ3n) is 4.04. The van der Waals surface area contributed by atoms with Gasteiger partial charge in [-0.25, -0.2) is 0 Å². The van der Waals surface area contributed by atoms with Gasteiger partial charge in [0.1, 0.15) is 0 Å². The van der Waals surface area contributed by atoms with Crippen LogP contribution in [0.3, 0.4) is 0 Å². The standard InChI is InChI=1S/C22H27NO/c1-17(2)23(18(3)4)22(24)21-16-9-8-14-20(21)15-10-13-19-11-6-5-7-12-19/h5-14,16-18H,15H2,1-4H3/b13-10+. The van der Waals surface area contributed by atoms with Crippen molar-refractivity contribution in [2.75, 3.05) is 0 Å². The van der Waals surface area contributed by atoms with Gasteiger partial charge < -0.3 is 4.90 Å². The van der Waals surface area contributed by atoms with Crippen molar-refractivity contribution in [2.24, 2.45) is 0 Å². The van der Waals surface area contributed by atoms with E-state index in [0.29, 0.717) is 0 Å². The van der Waals surface area contributed by atoms with Crippen molar-refractivity contribution in [3.8, 4) is 0 Å². The van der Waals surface area contributed by atoms with Crippen LogP contribution >= 0.6 is 0 Å². The highest BCUT2D eigenvalue weighted by molar-refractivity contribution is 5.96. The molecule has 0 bridgehead atoms. The minimum absolute atomic E-state index is 0.115. The quantitative estimate of drug-likeness (QED) is 0.716. The molecule has 24 heavy (non-hydrogen) atoms. The summed E-state index contributed by atoms with van der Waals surface area (Å²) in [5.74, 6) is 0.115. The molecule has 0 spiro atoms. The SMILES string of the molecule is CC(C)N(C(=O)c1ccccc1C/C=C/c1ccccc1)C(C)C. The lowest BCUT2D eigenvalue weighted by atomic mass is 10.0. The summed E-state index contributed by atoms with van der Waals surface area (Å²) in [6, 6.07) is 18.5. The molecule has 0 aromatic heterocycles. The smallest absolute Gasteiger partial charge is 0.254 e. The number of nitrogens with zero attached hydrogens (tertiary/aromatic N) is 1. The molecule has 0 unspecified atom stereocenters. The molecule has 2 aromatic rings. The summed E-state index contributed by atoms with van der Waals surface area (Å²) in [5, 5.41) is 0. The van der Waals surface area contributed by atoms with E-state index in [4.69, 9.17) is 0 Å². The first kappa shape index (κ1) is 18.0. The highest BCUT2D eigenvalue weighted by Crippen LogP contribution is 2.17. The lowest BCUT2D eigenvalue weighted by molar-refractivity contribution is 0.0643. The van der Waals surface area contributed by atoms with Gasteiger partial charge >= 0.3 is 0 Å². The topological polar surface area (TPSA) is 20.3 Å². The zero-order chi connectivity index (χ0) is 17.5. The Kier molecular flexibility index (Phi) is 6.36. The zero-order valence-electron chi connectivity index (χ0n) is 15.1. The van der Waals surface area contributed by atoms with E-state index in [-0.39, 0.29) is 18.0 Å². The van der Waals surface area contributed by atoms with Gasteiger partial charge in [0.05, 0.1) is 0 Å². The van der Waals surface area contributed by atoms with Crippen molar-refractivity contribution in [3.05, 3.63) is 77.4 Å². The van der Waals surface area contributed by atoms with Gasteiger partial charge in [-0.15, -0.1) is 0 Å². The summed E-state index contributed by atoms with van der Waals surface area (Å²) in [7, 11) is 0. The van der Waals surface area contributed by atoms with Gasteiger partial charge in [-0.05, 0) is 51.3 Å². The molecule has 0 N–H and O–H groups in total. The van der Waals surface area contributed by atoms with E-state index < -0.39 is 0 Å². The highest BCUT2D eigenvalue weighted by Gasteiger charge is 2.22. The molecule has 2 aromatic carbocycles. The summed E-state index contributed by atoms with van der Waals surface area (Å²) in [4.78, 5) is 14.9. The fraction of sp³-hybridized carbons (Fsp3) is 0.318. The second-order valence-corrected chi connectivity index (χ2v) is 6.57. The van der Waals surface area contributed by atoms with E-state index in [1.165, 1.54) is 5.56 Å². The Morgan fingerprint density at radius 1 is 0.917 bits per heavy atom. The highest BCUT2D eigenvalue weighted by atomic mass is 16.2. The molecule has 1 amide bonds. The number of hydrogen-bond acceptors (Lipinski definition) is 1. The van der Waals surface area contributed by atoms with Gasteiger partial charge in [0.2, 0.25) is 0 Å². The first-order valence-electron chi connectivity index (χ1n) is 8.63. The maximum absolute atomic E-state index is 13.0. The number of carbonyl (C=O) groups is 1. The summed E-state index contributed by atoms with van der Waals surface area (Å²) in [5.41, 5.74) is 3.05. The zero-order valence-corrected chi connectivity index (χ0v) is 15.1. The van der Waals surface area contributed by atoms with Crippen LogP contribution in [0.25, 0.3) is 6.08 Å². The number of rotatable bonds is 6. The van der Waals surface area contributed by atoms with Crippen LogP contribution in [0.1, 0.15) is 49.2 Å². The third kappa shape index (κ3) is 4.58. The number of carbonyl (C=O) groups excluding carboxylic acids is 1. The molecule has 0 atom stereocenters. The number of hydrogen-bond donors (Lipinski definition) is 0. The molecule has 2 heteroatoms. The Hall–Kier alpha value is -2.35. The molecular formula is C22H27NO. The molecule has 0 heterocycles. The lowest BCUT2D eigenvalue weighted by Gasteiger charge is -2.31. The predicted molar refractivity (Wildman–Crippen MR) is 102 cm³/mol. The molecule has 0 saturated carbocycles. The monoisotopic (exact) mass is 321 g/mol. The summed E-state index contributed by atoms with van der Waals surface area (Å²) < 4.78 is 0. The minimum atomic E-state index is 0.115. The summed E-state index contributed by atoms with van der Waals surface area (Å²) in [6.07, 6.45) is 4.97. The average Bonchev–Trinajstić information content (AvgIpc) is 2.55. The largest absolute Gasteiger partial charge is 0.334 e. The van der Waals surface area contributed by atoms with Gasteiger partial charge in [-0.3, -0.25) is 4.79 Å². The lowest BCUT2D eigenvalue weighted by Crippen LogP contribution is -2.42. The van der Waals surface area contributed by atoms with Crippen molar-refractivity contribution in [1.29, 1.82) is 0 Å². The maximum Gasteiger partial charge on any atom is 0.254 e. The maximum atomic E-state index is 13.0. The number of allylic oxidation sites excluding steroid dienone is 1. The molecule has 0 saturated heterocycles. The van der Waals surface area contributed by atoms with Crippen LogP contribution in [0.4, 0.5) is 0 Å². The average molecular weight is 321 g/mol. The molecule has 0 fully saturated rings. The molecule has 0 aliphatic carbocycles. The van der Waals surface area contributed by atoms with Gasteiger partial charge in [0.25, 0.3) is 5.91 Å². The van der Waals surface area contributed by atoms with E-state index in [1.54, 1.807) is 0 Å².